The Morgan fingerprint density at radius 2 is 1.87 bits per heavy atom. The van der Waals surface area contributed by atoms with Crippen LogP contribution in [0.4, 0.5) is 19.1 Å². The molecular formula is C20H16F3N5O2S. The van der Waals surface area contributed by atoms with E-state index in [-0.39, 0.29) is 28.8 Å². The molecule has 0 fully saturated rings. The maximum Gasteiger partial charge on any atom is 0.446 e. The molecule has 31 heavy (non-hydrogen) atoms. The lowest BCUT2D eigenvalue weighted by Crippen LogP contribution is -2.29. The number of nitrogens with one attached hydrogen (secondary N) is 1. The van der Waals surface area contributed by atoms with Crippen molar-refractivity contribution in [3.63, 3.8) is 0 Å². The van der Waals surface area contributed by atoms with Gasteiger partial charge in [0.15, 0.2) is 0 Å². The average molecular weight is 447 g/mol. The smallest absolute Gasteiger partial charge is 0.446 e. The van der Waals surface area contributed by atoms with E-state index in [1.54, 1.807) is 6.92 Å². The minimum Gasteiger partial charge on any atom is -0.457 e. The standard InChI is InChI=1S/C20H16F3N5O2S/c1-12-16(18(29)30-11-13-5-3-2-4-6-13)17(28-19(24-12)25-26-27-28)14-7-9-15(10-8-14)31-20(21,22)23/h2-10,17H,11H2,1H3,(H,24,25,27). The molecule has 2 heterocycles. The lowest BCUT2D eigenvalue weighted by Gasteiger charge is -2.27. The zero-order valence-corrected chi connectivity index (χ0v) is 16.9. The van der Waals surface area contributed by atoms with Crippen LogP contribution in [0.2, 0.25) is 0 Å². The van der Waals surface area contributed by atoms with Crippen molar-refractivity contribution in [2.45, 2.75) is 30.0 Å². The van der Waals surface area contributed by atoms with E-state index in [2.05, 4.69) is 20.8 Å². The Hall–Kier alpha value is -3.34. The minimum atomic E-state index is -4.39. The summed E-state index contributed by atoms with van der Waals surface area (Å²) in [5.74, 6) is -0.260. The molecule has 4 rings (SSSR count). The molecule has 7 nitrogen and oxygen atoms in total. The number of fused-ring (bicyclic) bond motifs is 1. The summed E-state index contributed by atoms with van der Waals surface area (Å²) < 4.78 is 44.9. The lowest BCUT2D eigenvalue weighted by molar-refractivity contribution is -0.140. The summed E-state index contributed by atoms with van der Waals surface area (Å²) in [5.41, 5.74) is -2.24. The number of hydrogen-bond donors (Lipinski definition) is 1. The molecule has 0 saturated carbocycles. The van der Waals surface area contributed by atoms with Gasteiger partial charge >= 0.3 is 11.5 Å². The van der Waals surface area contributed by atoms with Crippen molar-refractivity contribution in [3.8, 4) is 0 Å². The van der Waals surface area contributed by atoms with Crippen LogP contribution in [0, 0.1) is 0 Å². The molecular weight excluding hydrogens is 431 g/mol. The van der Waals surface area contributed by atoms with Gasteiger partial charge in [-0.05, 0) is 52.4 Å². The van der Waals surface area contributed by atoms with E-state index in [9.17, 15) is 18.0 Å². The second kappa shape index (κ2) is 8.42. The summed E-state index contributed by atoms with van der Waals surface area (Å²) in [6.45, 7) is 1.77. The summed E-state index contributed by atoms with van der Waals surface area (Å²) in [6.07, 6.45) is 0. The fraction of sp³-hybridized carbons (Fsp3) is 0.200. The van der Waals surface area contributed by atoms with E-state index in [1.165, 1.54) is 28.9 Å². The van der Waals surface area contributed by atoms with Crippen LogP contribution < -0.4 is 5.32 Å². The molecule has 0 radical (unpaired) electrons. The first kappa shape index (κ1) is 20.9. The van der Waals surface area contributed by atoms with Crippen LogP contribution in [0.15, 0.2) is 70.8 Å². The number of carbonyl (C=O) groups is 1. The van der Waals surface area contributed by atoms with E-state index >= 15 is 0 Å². The third-order valence-corrected chi connectivity index (χ3v) is 5.32. The van der Waals surface area contributed by atoms with Gasteiger partial charge in [0.25, 0.3) is 0 Å². The lowest BCUT2D eigenvalue weighted by atomic mass is 9.96. The zero-order chi connectivity index (χ0) is 22.0. The highest BCUT2D eigenvalue weighted by Crippen LogP contribution is 2.39. The van der Waals surface area contributed by atoms with Crippen LogP contribution in [0.3, 0.4) is 0 Å². The molecule has 3 aromatic rings. The quantitative estimate of drug-likeness (QED) is 0.461. The second-order valence-electron chi connectivity index (χ2n) is 6.69. The fourth-order valence-corrected chi connectivity index (χ4v) is 3.78. The molecule has 0 spiro atoms. The van der Waals surface area contributed by atoms with Crippen LogP contribution in [-0.2, 0) is 16.1 Å². The van der Waals surface area contributed by atoms with Gasteiger partial charge in [-0.2, -0.15) is 17.9 Å². The summed E-state index contributed by atoms with van der Waals surface area (Å²) in [7, 11) is 0. The highest BCUT2D eigenvalue weighted by molar-refractivity contribution is 8.00. The van der Waals surface area contributed by atoms with Crippen molar-refractivity contribution in [3.05, 3.63) is 77.0 Å². The molecule has 0 saturated heterocycles. The van der Waals surface area contributed by atoms with Crippen molar-refractivity contribution in [1.29, 1.82) is 0 Å². The van der Waals surface area contributed by atoms with E-state index in [4.69, 9.17) is 4.74 Å². The number of hydrogen-bond acceptors (Lipinski definition) is 7. The van der Waals surface area contributed by atoms with Gasteiger partial charge in [0.05, 0.1) is 5.57 Å². The topological polar surface area (TPSA) is 81.9 Å². The molecule has 0 bridgehead atoms. The fourth-order valence-electron chi connectivity index (χ4n) is 3.24. The number of tetrazole rings is 1. The number of benzene rings is 2. The maximum atomic E-state index is 13.0. The van der Waals surface area contributed by atoms with Gasteiger partial charge in [-0.25, -0.2) is 4.79 Å². The molecule has 1 aliphatic heterocycles. The zero-order valence-electron chi connectivity index (χ0n) is 16.1. The minimum absolute atomic E-state index is 0.0380. The van der Waals surface area contributed by atoms with Crippen molar-refractivity contribution in [2.75, 3.05) is 5.32 Å². The number of alkyl halides is 3. The predicted molar refractivity (Wildman–Crippen MR) is 107 cm³/mol. The Morgan fingerprint density at radius 3 is 2.55 bits per heavy atom. The number of aromatic nitrogens is 4. The highest BCUT2D eigenvalue weighted by Gasteiger charge is 2.35. The summed E-state index contributed by atoms with van der Waals surface area (Å²) in [6, 6.07) is 14.2. The average Bonchev–Trinajstić information content (AvgIpc) is 3.19. The number of anilines is 1. The Balaban J connectivity index is 1.64. The van der Waals surface area contributed by atoms with Crippen LogP contribution in [0.5, 0.6) is 0 Å². The number of nitrogens with zero attached hydrogens (tertiary/aromatic N) is 4. The van der Waals surface area contributed by atoms with Gasteiger partial charge in [0.2, 0.25) is 5.95 Å². The number of thioether (sulfide) groups is 1. The Morgan fingerprint density at radius 1 is 1.16 bits per heavy atom. The van der Waals surface area contributed by atoms with Gasteiger partial charge in [-0.3, -0.25) is 0 Å². The van der Waals surface area contributed by atoms with Gasteiger partial charge in [0, 0.05) is 10.6 Å². The van der Waals surface area contributed by atoms with Gasteiger partial charge in [0.1, 0.15) is 12.6 Å². The van der Waals surface area contributed by atoms with Crippen LogP contribution in [-0.4, -0.2) is 31.7 Å². The Labute approximate surface area is 179 Å². The largest absolute Gasteiger partial charge is 0.457 e. The first-order valence-electron chi connectivity index (χ1n) is 9.14. The van der Waals surface area contributed by atoms with E-state index < -0.39 is 17.5 Å². The van der Waals surface area contributed by atoms with Crippen molar-refractivity contribution >= 4 is 23.7 Å². The molecule has 0 aliphatic carbocycles. The maximum absolute atomic E-state index is 13.0. The van der Waals surface area contributed by atoms with Crippen LogP contribution in [0.1, 0.15) is 24.1 Å². The van der Waals surface area contributed by atoms with Crippen molar-refractivity contribution in [1.82, 2.24) is 20.2 Å². The second-order valence-corrected chi connectivity index (χ2v) is 7.83. The van der Waals surface area contributed by atoms with E-state index in [0.29, 0.717) is 17.2 Å². The van der Waals surface area contributed by atoms with Crippen LogP contribution in [0.25, 0.3) is 0 Å². The molecule has 1 unspecified atom stereocenters. The van der Waals surface area contributed by atoms with E-state index in [1.807, 2.05) is 30.3 Å². The third-order valence-electron chi connectivity index (χ3n) is 4.58. The molecule has 160 valence electrons. The molecule has 0 amide bonds. The monoisotopic (exact) mass is 447 g/mol. The number of allylic oxidation sites excluding steroid dienone is 1. The van der Waals surface area contributed by atoms with Crippen molar-refractivity contribution in [2.24, 2.45) is 0 Å². The molecule has 1 aliphatic rings. The third kappa shape index (κ3) is 4.71. The predicted octanol–water partition coefficient (Wildman–Crippen LogP) is 4.32. The Bertz CT molecular complexity index is 1110. The number of esters is 1. The Kier molecular flexibility index (Phi) is 5.68. The normalized spacial score (nSPS) is 15.9. The van der Waals surface area contributed by atoms with Gasteiger partial charge < -0.3 is 10.1 Å². The first-order chi connectivity index (χ1) is 14.8. The van der Waals surface area contributed by atoms with Crippen molar-refractivity contribution < 1.29 is 22.7 Å². The molecule has 1 atom stereocenters. The number of carbonyl (C=O) groups excluding carboxylic acids is 1. The molecule has 1 aromatic heterocycles. The summed E-state index contributed by atoms with van der Waals surface area (Å²) in [4.78, 5) is 13.0. The number of rotatable bonds is 5. The summed E-state index contributed by atoms with van der Waals surface area (Å²) >= 11 is -0.206. The number of ether oxygens (including phenoxy) is 1. The molecule has 2 aromatic carbocycles. The SMILES string of the molecule is CC1=C(C(=O)OCc2ccccc2)C(c2ccc(SC(F)(F)F)cc2)n2nnnc2N1. The van der Waals surface area contributed by atoms with E-state index in [0.717, 1.165) is 5.56 Å². The summed E-state index contributed by atoms with van der Waals surface area (Å²) in [5, 5.41) is 14.4. The number of halogens is 3. The molecule has 1 N–H and O–H groups in total. The van der Waals surface area contributed by atoms with Crippen LogP contribution >= 0.6 is 11.8 Å². The van der Waals surface area contributed by atoms with Gasteiger partial charge in [-0.1, -0.05) is 47.6 Å². The molecule has 11 heteroatoms. The van der Waals surface area contributed by atoms with Gasteiger partial charge in [-0.15, -0.1) is 0 Å². The highest BCUT2D eigenvalue weighted by atomic mass is 32.2. The first-order valence-corrected chi connectivity index (χ1v) is 9.96.